The molecule has 0 N–H and O–H groups in total. The Balaban J connectivity index is 1.65. The lowest BCUT2D eigenvalue weighted by Crippen LogP contribution is -2.56. The Morgan fingerprint density at radius 1 is 1.11 bits per heavy atom. The van der Waals surface area contributed by atoms with E-state index in [1.807, 2.05) is 35.2 Å². The predicted molar refractivity (Wildman–Crippen MR) is 110 cm³/mol. The summed E-state index contributed by atoms with van der Waals surface area (Å²) >= 11 is 0. The number of piperidine rings is 2. The molecular weight excluding hydrogens is 354 g/mol. The van der Waals surface area contributed by atoms with Gasteiger partial charge in [-0.05, 0) is 42.9 Å². The Bertz CT molecular complexity index is 696. The Labute approximate surface area is 163 Å². The van der Waals surface area contributed by atoms with Gasteiger partial charge in [-0.2, -0.15) is 0 Å². The van der Waals surface area contributed by atoms with Crippen LogP contribution in [-0.4, -0.2) is 36.9 Å². The molecule has 27 heavy (non-hydrogen) atoms. The summed E-state index contributed by atoms with van der Waals surface area (Å²) in [6, 6.07) is 9.99. The van der Waals surface area contributed by atoms with E-state index < -0.39 is 8.07 Å². The van der Waals surface area contributed by atoms with Gasteiger partial charge < -0.3 is 9.64 Å². The summed E-state index contributed by atoms with van der Waals surface area (Å²) in [5, 5.41) is 0.839. The zero-order valence-electron chi connectivity index (χ0n) is 16.7. The molecule has 2 aliphatic rings. The smallest absolute Gasteiger partial charge is 0.410 e. The van der Waals surface area contributed by atoms with E-state index >= 15 is 0 Å². The third-order valence-electron chi connectivity index (χ3n) is 5.96. The minimum absolute atomic E-state index is 0.0118. The third-order valence-corrected chi connectivity index (χ3v) is 8.02. The van der Waals surface area contributed by atoms with Crippen molar-refractivity contribution < 1.29 is 14.3 Å². The molecular formula is C22H31NO3Si. The zero-order valence-corrected chi connectivity index (χ0v) is 17.7. The molecule has 0 radical (unpaired) electrons. The molecule has 1 aromatic rings. The number of hydrogen-bond acceptors (Lipinski definition) is 3. The van der Waals surface area contributed by atoms with Gasteiger partial charge in [0.25, 0.3) is 0 Å². The molecule has 2 unspecified atom stereocenters. The van der Waals surface area contributed by atoms with Crippen molar-refractivity contribution in [3.8, 4) is 0 Å². The maximum Gasteiger partial charge on any atom is 0.410 e. The van der Waals surface area contributed by atoms with Gasteiger partial charge in [0.05, 0.1) is 8.07 Å². The van der Waals surface area contributed by atoms with Gasteiger partial charge in [0.15, 0.2) is 5.78 Å². The SMILES string of the molecule is C=C(C(=O)C1CC2CCCC(C1)N2C(=O)OCc1ccccc1)[Si](C)(C)C. The lowest BCUT2D eigenvalue weighted by molar-refractivity contribution is -0.122. The zero-order chi connectivity index (χ0) is 19.6. The largest absolute Gasteiger partial charge is 0.445 e. The van der Waals surface area contributed by atoms with Crippen LogP contribution in [0.3, 0.4) is 0 Å². The van der Waals surface area contributed by atoms with Gasteiger partial charge in [-0.25, -0.2) is 4.79 Å². The standard InChI is InChI=1S/C22H31NO3Si/c1-16(27(2,3)4)21(24)18-13-19-11-8-12-20(14-18)23(19)22(25)26-15-17-9-6-5-7-10-17/h5-7,9-10,18-20H,1,8,11-15H2,2-4H3. The van der Waals surface area contributed by atoms with Crippen molar-refractivity contribution in [2.45, 2.75) is 70.4 Å². The van der Waals surface area contributed by atoms with Crippen LogP contribution in [0.1, 0.15) is 37.7 Å². The van der Waals surface area contributed by atoms with E-state index in [4.69, 9.17) is 4.74 Å². The Kier molecular flexibility index (Phi) is 5.89. The van der Waals surface area contributed by atoms with E-state index in [9.17, 15) is 9.59 Å². The number of allylic oxidation sites excluding steroid dienone is 1. The van der Waals surface area contributed by atoms with Crippen LogP contribution in [0.25, 0.3) is 0 Å². The molecule has 1 amide bonds. The summed E-state index contributed by atoms with van der Waals surface area (Å²) in [6.45, 7) is 10.9. The quantitative estimate of drug-likeness (QED) is 0.532. The summed E-state index contributed by atoms with van der Waals surface area (Å²) < 4.78 is 5.59. The Morgan fingerprint density at radius 2 is 1.70 bits per heavy atom. The highest BCUT2D eigenvalue weighted by Gasteiger charge is 2.44. The lowest BCUT2D eigenvalue weighted by Gasteiger charge is -2.48. The molecule has 0 aromatic heterocycles. The van der Waals surface area contributed by atoms with Crippen LogP contribution in [0.2, 0.25) is 19.6 Å². The molecule has 146 valence electrons. The molecule has 3 rings (SSSR count). The molecule has 2 aliphatic heterocycles. The third kappa shape index (κ3) is 4.51. The number of Topliss-reactive ketones (excluding diaryl/α,β-unsaturated/α-hetero) is 1. The number of ether oxygens (including phenoxy) is 1. The van der Waals surface area contributed by atoms with E-state index in [-0.39, 0.29) is 29.9 Å². The lowest BCUT2D eigenvalue weighted by atomic mass is 9.77. The van der Waals surface area contributed by atoms with Crippen molar-refractivity contribution in [3.63, 3.8) is 0 Å². The Hall–Kier alpha value is -1.88. The van der Waals surface area contributed by atoms with Crippen LogP contribution >= 0.6 is 0 Å². The summed E-state index contributed by atoms with van der Waals surface area (Å²) in [6.07, 6.45) is 4.30. The fourth-order valence-corrected chi connectivity index (χ4v) is 5.25. The van der Waals surface area contributed by atoms with Gasteiger partial charge in [0.1, 0.15) is 6.61 Å². The van der Waals surface area contributed by atoms with E-state index in [1.54, 1.807) is 0 Å². The van der Waals surface area contributed by atoms with Gasteiger partial charge in [-0.15, -0.1) is 0 Å². The van der Waals surface area contributed by atoms with Gasteiger partial charge in [0.2, 0.25) is 0 Å². The number of carbonyl (C=O) groups excluding carboxylic acids is 2. The molecule has 2 heterocycles. The van der Waals surface area contributed by atoms with Gasteiger partial charge in [0, 0.05) is 18.0 Å². The highest BCUT2D eigenvalue weighted by Crippen LogP contribution is 2.39. The first-order chi connectivity index (χ1) is 12.8. The predicted octanol–water partition coefficient (Wildman–Crippen LogP) is 4.96. The second-order valence-corrected chi connectivity index (χ2v) is 14.1. The van der Waals surface area contributed by atoms with Crippen LogP contribution in [0, 0.1) is 5.92 Å². The van der Waals surface area contributed by atoms with Crippen LogP contribution in [-0.2, 0) is 16.1 Å². The van der Waals surface area contributed by atoms with Crippen molar-refractivity contribution in [2.75, 3.05) is 0 Å². The molecule has 2 atom stereocenters. The fraction of sp³-hybridized carbons (Fsp3) is 0.545. The minimum Gasteiger partial charge on any atom is -0.445 e. The topological polar surface area (TPSA) is 46.6 Å². The number of fused-ring (bicyclic) bond motifs is 2. The van der Waals surface area contributed by atoms with Gasteiger partial charge in [-0.3, -0.25) is 4.79 Å². The average molecular weight is 386 g/mol. The summed E-state index contributed by atoms with van der Waals surface area (Å²) in [5.41, 5.74) is 0.993. The van der Waals surface area contributed by atoms with Gasteiger partial charge in [-0.1, -0.05) is 56.6 Å². The van der Waals surface area contributed by atoms with Crippen LogP contribution in [0.4, 0.5) is 4.79 Å². The number of nitrogens with zero attached hydrogens (tertiary/aromatic N) is 1. The molecule has 1 aromatic carbocycles. The number of hydrogen-bond donors (Lipinski definition) is 0. The first-order valence-electron chi connectivity index (χ1n) is 10.00. The Morgan fingerprint density at radius 3 is 2.26 bits per heavy atom. The molecule has 5 heteroatoms. The van der Waals surface area contributed by atoms with Crippen LogP contribution in [0.5, 0.6) is 0 Å². The highest BCUT2D eigenvalue weighted by atomic mass is 28.3. The van der Waals surface area contributed by atoms with E-state index in [0.29, 0.717) is 6.61 Å². The maximum atomic E-state index is 13.0. The number of carbonyl (C=O) groups is 2. The van der Waals surface area contributed by atoms with E-state index in [0.717, 1.165) is 42.9 Å². The van der Waals surface area contributed by atoms with E-state index in [1.165, 1.54) is 0 Å². The van der Waals surface area contributed by atoms with Crippen LogP contribution in [0.15, 0.2) is 42.1 Å². The summed E-state index contributed by atoms with van der Waals surface area (Å²) in [4.78, 5) is 27.7. The van der Waals surface area contributed by atoms with Crippen molar-refractivity contribution in [3.05, 3.63) is 47.7 Å². The maximum absolute atomic E-state index is 13.0. The first kappa shape index (κ1) is 19.9. The molecule has 0 saturated carbocycles. The summed E-state index contributed by atoms with van der Waals surface area (Å²) in [7, 11) is -1.68. The molecule has 2 saturated heterocycles. The number of benzene rings is 1. The normalized spacial score (nSPS) is 25.0. The van der Waals surface area contributed by atoms with Crippen molar-refractivity contribution in [1.82, 2.24) is 4.90 Å². The number of ketones is 1. The minimum atomic E-state index is -1.68. The molecule has 0 spiro atoms. The van der Waals surface area contributed by atoms with E-state index in [2.05, 4.69) is 26.2 Å². The monoisotopic (exact) mass is 385 g/mol. The summed E-state index contributed by atoms with van der Waals surface area (Å²) in [5.74, 6) is 0.251. The van der Waals surface area contributed by atoms with Gasteiger partial charge >= 0.3 is 6.09 Å². The van der Waals surface area contributed by atoms with Crippen molar-refractivity contribution >= 4 is 20.0 Å². The second-order valence-electron chi connectivity index (χ2n) is 8.95. The number of amides is 1. The van der Waals surface area contributed by atoms with Crippen molar-refractivity contribution in [1.29, 1.82) is 0 Å². The average Bonchev–Trinajstić information content (AvgIpc) is 2.64. The second kappa shape index (κ2) is 8.01. The first-order valence-corrected chi connectivity index (χ1v) is 13.5. The molecule has 2 fully saturated rings. The van der Waals surface area contributed by atoms with Crippen molar-refractivity contribution in [2.24, 2.45) is 5.92 Å². The highest BCUT2D eigenvalue weighted by molar-refractivity contribution is 6.87. The molecule has 2 bridgehead atoms. The molecule has 0 aliphatic carbocycles. The molecule has 4 nitrogen and oxygen atoms in total. The fourth-order valence-electron chi connectivity index (χ4n) is 4.30. The number of rotatable bonds is 5. The van der Waals surface area contributed by atoms with Crippen LogP contribution < -0.4 is 0 Å².